The number of nitrogens with one attached hydrogen (secondary N) is 3. The third kappa shape index (κ3) is 5.06. The van der Waals surface area contributed by atoms with Crippen LogP contribution in [0.5, 0.6) is 0 Å². The van der Waals surface area contributed by atoms with Crippen LogP contribution in [0.4, 0.5) is 20.3 Å². The number of carbonyl (C=O) groups is 3. The van der Waals surface area contributed by atoms with Crippen molar-refractivity contribution in [1.82, 2.24) is 15.2 Å². The van der Waals surface area contributed by atoms with Gasteiger partial charge in [-0.05, 0) is 65.3 Å². The molecule has 1 aliphatic carbocycles. The fourth-order valence-corrected chi connectivity index (χ4v) is 7.13. The van der Waals surface area contributed by atoms with Crippen LogP contribution in [0.1, 0.15) is 40.8 Å². The van der Waals surface area contributed by atoms with E-state index in [-0.39, 0.29) is 37.0 Å². The Morgan fingerprint density at radius 2 is 1.80 bits per heavy atom. The van der Waals surface area contributed by atoms with Crippen molar-refractivity contribution >= 4 is 29.2 Å². The highest BCUT2D eigenvalue weighted by Gasteiger charge is 2.52. The van der Waals surface area contributed by atoms with E-state index >= 15 is 0 Å². The van der Waals surface area contributed by atoms with Gasteiger partial charge in [0.1, 0.15) is 29.5 Å². The van der Waals surface area contributed by atoms with Gasteiger partial charge in [-0.1, -0.05) is 25.1 Å². The van der Waals surface area contributed by atoms with E-state index in [0.29, 0.717) is 26.1 Å². The van der Waals surface area contributed by atoms with Crippen molar-refractivity contribution < 1.29 is 32.6 Å². The topological polar surface area (TPSA) is 122 Å². The Morgan fingerprint density at radius 3 is 2.53 bits per heavy atom. The van der Waals surface area contributed by atoms with Gasteiger partial charge in [0.15, 0.2) is 0 Å². The molecule has 3 N–H and O–H groups in total. The fraction of sp³-hybridized carbons (Fsp3) is 0.394. The number of carbonyl (C=O) groups excluding carboxylic acids is 3. The zero-order valence-electron chi connectivity index (χ0n) is 24.8. The number of halogens is 2. The fourth-order valence-electron chi connectivity index (χ4n) is 7.13. The van der Waals surface area contributed by atoms with Gasteiger partial charge in [0.25, 0.3) is 0 Å². The van der Waals surface area contributed by atoms with Crippen LogP contribution in [0.15, 0.2) is 48.7 Å². The van der Waals surface area contributed by atoms with Crippen LogP contribution >= 0.6 is 0 Å². The van der Waals surface area contributed by atoms with Crippen LogP contribution in [0.25, 0.3) is 0 Å². The van der Waals surface area contributed by atoms with Gasteiger partial charge in [0, 0.05) is 24.5 Å². The monoisotopic (exact) mass is 617 g/mol. The van der Waals surface area contributed by atoms with Gasteiger partial charge in [0.2, 0.25) is 17.7 Å². The predicted octanol–water partition coefficient (Wildman–Crippen LogP) is 2.81. The van der Waals surface area contributed by atoms with Crippen molar-refractivity contribution in [2.75, 3.05) is 50.2 Å². The summed E-state index contributed by atoms with van der Waals surface area (Å²) in [4.78, 5) is 46.5. The molecule has 45 heavy (non-hydrogen) atoms. The van der Waals surface area contributed by atoms with Crippen LogP contribution in [0, 0.1) is 11.6 Å². The predicted molar refractivity (Wildman–Crippen MR) is 160 cm³/mol. The number of benzene rings is 2. The molecule has 2 spiro atoms. The lowest BCUT2D eigenvalue weighted by atomic mass is 9.78. The number of pyridine rings is 1. The Balaban J connectivity index is 1.13. The third-order valence-corrected chi connectivity index (χ3v) is 9.39. The molecule has 2 atom stereocenters. The molecule has 0 bridgehead atoms. The minimum absolute atomic E-state index is 0.0266. The van der Waals surface area contributed by atoms with Crippen LogP contribution in [0.3, 0.4) is 0 Å². The number of ether oxygens (including phenoxy) is 2. The molecule has 3 amide bonds. The number of para-hydroxylation sites is 1. The zero-order valence-corrected chi connectivity index (χ0v) is 24.8. The van der Waals surface area contributed by atoms with Gasteiger partial charge in [-0.15, -0.1) is 0 Å². The Kier molecular flexibility index (Phi) is 7.38. The Bertz CT molecular complexity index is 1690. The smallest absolute Gasteiger partial charge is 0.248 e. The van der Waals surface area contributed by atoms with Crippen molar-refractivity contribution in [3.05, 3.63) is 88.1 Å². The lowest BCUT2D eigenvalue weighted by Gasteiger charge is -2.45. The summed E-state index contributed by atoms with van der Waals surface area (Å²) in [6.07, 6.45) is 3.45. The standard InChI is InChI=1S/C33H33F2N5O5/c1-2-19-4-3-5-25-29(19)39-30(42)32(25)12-21-10-27(36-14-22(21)13-32)38-28(41)16-40-26(20-8-23(34)11-24(35)9-20)15-37-33(31(40)43)17-44-6-7-45-18-33/h3-5,8-11,14,26,37H,2,6-7,12-13,15-18H2,1H3,(H,39,42)(H,36,38,41). The van der Waals surface area contributed by atoms with Crippen molar-refractivity contribution in [2.45, 2.75) is 43.2 Å². The van der Waals surface area contributed by atoms with Crippen molar-refractivity contribution in [3.63, 3.8) is 0 Å². The molecule has 0 radical (unpaired) electrons. The maximum Gasteiger partial charge on any atom is 0.248 e. The number of hydrogen-bond donors (Lipinski definition) is 3. The Morgan fingerprint density at radius 1 is 1.07 bits per heavy atom. The highest BCUT2D eigenvalue weighted by molar-refractivity contribution is 6.08. The third-order valence-electron chi connectivity index (χ3n) is 9.39. The lowest BCUT2D eigenvalue weighted by molar-refractivity contribution is -0.151. The van der Waals surface area contributed by atoms with Crippen LogP contribution < -0.4 is 16.0 Å². The van der Waals surface area contributed by atoms with Gasteiger partial charge < -0.3 is 25.0 Å². The first-order chi connectivity index (χ1) is 21.7. The van der Waals surface area contributed by atoms with Gasteiger partial charge in [0.05, 0.1) is 37.9 Å². The highest BCUT2D eigenvalue weighted by Crippen LogP contribution is 2.48. The van der Waals surface area contributed by atoms with Gasteiger partial charge in [-0.2, -0.15) is 0 Å². The minimum atomic E-state index is -1.24. The summed E-state index contributed by atoms with van der Waals surface area (Å²) in [6.45, 7) is 2.46. The number of rotatable bonds is 5. The lowest BCUT2D eigenvalue weighted by Crippen LogP contribution is -2.69. The molecule has 2 unspecified atom stereocenters. The number of nitrogens with zero attached hydrogens (tertiary/aromatic N) is 2. The summed E-state index contributed by atoms with van der Waals surface area (Å²) in [5.74, 6) is -2.34. The molecule has 2 saturated heterocycles. The molecule has 12 heteroatoms. The van der Waals surface area contributed by atoms with E-state index in [1.165, 1.54) is 4.90 Å². The molecule has 4 aliphatic rings. The molecule has 2 aromatic carbocycles. The summed E-state index contributed by atoms with van der Waals surface area (Å²) >= 11 is 0. The molecular formula is C33H33F2N5O5. The summed E-state index contributed by atoms with van der Waals surface area (Å²) in [5.41, 5.74) is 3.03. The summed E-state index contributed by atoms with van der Waals surface area (Å²) in [5, 5.41) is 9.06. The summed E-state index contributed by atoms with van der Waals surface area (Å²) in [6, 6.07) is 10.0. The molecule has 3 aromatic rings. The Labute approximate surface area is 258 Å². The molecule has 3 aliphatic heterocycles. The quantitative estimate of drug-likeness (QED) is 0.403. The maximum atomic E-state index is 14.2. The van der Waals surface area contributed by atoms with E-state index in [1.807, 2.05) is 18.2 Å². The normalized spacial score (nSPS) is 23.5. The largest absolute Gasteiger partial charge is 0.376 e. The second-order valence-electron chi connectivity index (χ2n) is 12.2. The number of piperazine rings is 1. The molecule has 10 nitrogen and oxygen atoms in total. The SMILES string of the molecule is CCc1cccc2c1NC(=O)C21Cc2cnc(NC(=O)CN3C(=O)C4(COCCOC4)NCC3c3cc(F)cc(F)c3)cc2C1. The van der Waals surface area contributed by atoms with Crippen LogP contribution in [-0.2, 0) is 48.5 Å². The molecule has 7 rings (SSSR count). The minimum Gasteiger partial charge on any atom is -0.376 e. The zero-order chi connectivity index (χ0) is 31.3. The first kappa shape index (κ1) is 29.5. The van der Waals surface area contributed by atoms with E-state index in [9.17, 15) is 23.2 Å². The number of aryl methyl sites for hydroxylation is 1. The van der Waals surface area contributed by atoms with Gasteiger partial charge >= 0.3 is 0 Å². The molecule has 1 aromatic heterocycles. The van der Waals surface area contributed by atoms with Crippen molar-refractivity contribution in [2.24, 2.45) is 0 Å². The van der Waals surface area contributed by atoms with Gasteiger partial charge in [-0.25, -0.2) is 13.8 Å². The van der Waals surface area contributed by atoms with Crippen molar-refractivity contribution in [3.8, 4) is 0 Å². The van der Waals surface area contributed by atoms with E-state index in [0.717, 1.165) is 52.6 Å². The number of anilines is 2. The molecule has 0 saturated carbocycles. The first-order valence-corrected chi connectivity index (χ1v) is 15.1. The Hall–Kier alpha value is -4.26. The van der Waals surface area contributed by atoms with Crippen molar-refractivity contribution in [1.29, 1.82) is 0 Å². The second-order valence-corrected chi connectivity index (χ2v) is 12.2. The van der Waals surface area contributed by atoms with E-state index in [4.69, 9.17) is 9.47 Å². The van der Waals surface area contributed by atoms with E-state index in [2.05, 4.69) is 27.9 Å². The molecule has 4 heterocycles. The summed E-state index contributed by atoms with van der Waals surface area (Å²) < 4.78 is 39.6. The van der Waals surface area contributed by atoms with E-state index in [1.54, 1.807) is 12.3 Å². The molecular weight excluding hydrogens is 584 g/mol. The number of amides is 3. The highest BCUT2D eigenvalue weighted by atomic mass is 19.1. The average Bonchev–Trinajstić information content (AvgIpc) is 3.41. The molecule has 234 valence electrons. The van der Waals surface area contributed by atoms with Crippen LogP contribution in [0.2, 0.25) is 0 Å². The second kappa shape index (κ2) is 11.3. The first-order valence-electron chi connectivity index (χ1n) is 15.1. The van der Waals surface area contributed by atoms with E-state index < -0.39 is 47.0 Å². The number of hydrogen-bond acceptors (Lipinski definition) is 7. The van der Waals surface area contributed by atoms with Crippen LogP contribution in [-0.4, -0.2) is 72.7 Å². The maximum absolute atomic E-state index is 14.2. The number of fused-ring (bicyclic) bond motifs is 3. The van der Waals surface area contributed by atoms with Gasteiger partial charge in [-0.3, -0.25) is 19.7 Å². The number of aromatic nitrogens is 1. The summed E-state index contributed by atoms with van der Waals surface area (Å²) in [7, 11) is 0. The molecule has 2 fully saturated rings. The average molecular weight is 618 g/mol.